The smallest absolute Gasteiger partial charge is 0.293 e. The largest absolute Gasteiger partial charge is 0.465 e. The van der Waals surface area contributed by atoms with Gasteiger partial charge in [-0.3, -0.25) is 4.79 Å². The molecule has 0 saturated carbocycles. The van der Waals surface area contributed by atoms with Gasteiger partial charge in [-0.25, -0.2) is 0 Å². The normalized spacial score (nSPS) is 12.5. The van der Waals surface area contributed by atoms with E-state index in [1.165, 1.54) is 0 Å². The number of alkyl halides is 2. The second-order valence-corrected chi connectivity index (χ2v) is 3.08. The number of carbonyl (C=O) groups excluding carboxylic acids is 1. The minimum atomic E-state index is -2.81. The van der Waals surface area contributed by atoms with E-state index in [2.05, 4.69) is 17.4 Å². The first-order valence-corrected chi connectivity index (χ1v) is 3.95. The Labute approximate surface area is 76.7 Å². The fourth-order valence-corrected chi connectivity index (χ4v) is 0.191. The van der Waals surface area contributed by atoms with E-state index in [1.807, 2.05) is 13.8 Å². The van der Waals surface area contributed by atoms with Crippen LogP contribution in [-0.2, 0) is 9.53 Å². The Morgan fingerprint density at radius 1 is 1.67 bits per heavy atom. The van der Waals surface area contributed by atoms with Crippen LogP contribution >= 0.6 is 12.6 Å². The van der Waals surface area contributed by atoms with E-state index in [4.69, 9.17) is 0 Å². The molecule has 0 N–H and O–H groups in total. The van der Waals surface area contributed by atoms with Crippen molar-refractivity contribution in [2.24, 2.45) is 0 Å². The molecule has 0 bridgehead atoms. The molecule has 0 aromatic carbocycles. The van der Waals surface area contributed by atoms with Crippen molar-refractivity contribution in [2.45, 2.75) is 38.6 Å². The lowest BCUT2D eigenvalue weighted by Gasteiger charge is -2.02. The van der Waals surface area contributed by atoms with Gasteiger partial charge in [0.1, 0.15) is 0 Å². The quantitative estimate of drug-likeness (QED) is 0.559. The van der Waals surface area contributed by atoms with Crippen molar-refractivity contribution in [3.8, 4) is 0 Å². The summed E-state index contributed by atoms with van der Waals surface area (Å²) in [6, 6.07) is 0. The number of ether oxygens (including phenoxy) is 1. The van der Waals surface area contributed by atoms with Crippen molar-refractivity contribution in [1.82, 2.24) is 0 Å². The van der Waals surface area contributed by atoms with E-state index in [0.29, 0.717) is 6.47 Å². The van der Waals surface area contributed by atoms with Crippen molar-refractivity contribution >= 4 is 19.1 Å². The molecule has 1 atom stereocenters. The van der Waals surface area contributed by atoms with E-state index in [-0.39, 0.29) is 6.10 Å². The molecule has 1 unspecified atom stereocenters. The van der Waals surface area contributed by atoms with Crippen LogP contribution in [0.3, 0.4) is 0 Å². The number of halogens is 2. The van der Waals surface area contributed by atoms with E-state index in [1.54, 1.807) is 0 Å². The molecule has 12 heavy (non-hydrogen) atoms. The molecule has 0 amide bonds. The number of thiol groups is 1. The molecule has 0 aliphatic carbocycles. The van der Waals surface area contributed by atoms with Crippen molar-refractivity contribution in [1.29, 1.82) is 0 Å². The second-order valence-electron chi connectivity index (χ2n) is 2.29. The zero-order chi connectivity index (χ0) is 10.2. The summed E-state index contributed by atoms with van der Waals surface area (Å²) in [5.41, 5.74) is 0. The molecule has 0 fully saturated rings. The summed E-state index contributed by atoms with van der Waals surface area (Å²) < 4.78 is 26.3. The van der Waals surface area contributed by atoms with Crippen molar-refractivity contribution in [2.75, 3.05) is 0 Å². The Bertz CT molecular complexity index is 108. The fraction of sp³-hybridized carbons (Fsp3) is 0.857. The van der Waals surface area contributed by atoms with Crippen LogP contribution in [0.25, 0.3) is 0 Å². The molecule has 0 aliphatic rings. The number of rotatable bonds is 3. The molecule has 5 heteroatoms. The SMILES string of the molecule is CC(F)(F)S.CCC(C)OC=O. The first-order valence-electron chi connectivity index (χ1n) is 3.50. The maximum absolute atomic E-state index is 10.9. The maximum Gasteiger partial charge on any atom is 0.293 e. The summed E-state index contributed by atoms with van der Waals surface area (Å²) in [6.45, 7) is 5.02. The van der Waals surface area contributed by atoms with Gasteiger partial charge >= 0.3 is 0 Å². The van der Waals surface area contributed by atoms with Gasteiger partial charge in [-0.05, 0) is 13.3 Å². The average Bonchev–Trinajstić information content (AvgIpc) is 1.85. The highest BCUT2D eigenvalue weighted by Gasteiger charge is 2.10. The van der Waals surface area contributed by atoms with Gasteiger partial charge in [0, 0.05) is 6.92 Å². The zero-order valence-corrected chi connectivity index (χ0v) is 8.28. The lowest BCUT2D eigenvalue weighted by molar-refractivity contribution is -0.132. The molecule has 0 rings (SSSR count). The third-order valence-electron chi connectivity index (χ3n) is 0.863. The molecule has 74 valence electrons. The van der Waals surface area contributed by atoms with Crippen LogP contribution in [0.4, 0.5) is 8.78 Å². The van der Waals surface area contributed by atoms with Gasteiger partial charge in [0.15, 0.2) is 0 Å². The molecular formula is C7H14F2O2S. The molecule has 0 spiro atoms. The Kier molecular flexibility index (Phi) is 8.69. The highest BCUT2D eigenvalue weighted by atomic mass is 32.1. The van der Waals surface area contributed by atoms with E-state index >= 15 is 0 Å². The van der Waals surface area contributed by atoms with Crippen LogP contribution in [0.15, 0.2) is 0 Å². The highest BCUT2D eigenvalue weighted by Crippen LogP contribution is 2.14. The highest BCUT2D eigenvalue weighted by molar-refractivity contribution is 7.81. The number of hydrogen-bond acceptors (Lipinski definition) is 3. The molecule has 0 aliphatic heterocycles. The van der Waals surface area contributed by atoms with E-state index in [9.17, 15) is 13.6 Å². The monoisotopic (exact) mass is 200 g/mol. The molecule has 0 aromatic rings. The van der Waals surface area contributed by atoms with Gasteiger partial charge in [-0.15, -0.1) is 12.6 Å². The minimum Gasteiger partial charge on any atom is -0.465 e. The predicted molar refractivity (Wildman–Crippen MR) is 46.5 cm³/mol. The summed E-state index contributed by atoms with van der Waals surface area (Å²) in [5, 5.41) is -2.81. The standard InChI is InChI=1S/C5H10O2.C2H4F2S/c1-3-5(2)7-4-6;1-2(3,4)5/h4-5H,3H2,1-2H3;5H,1H3. The van der Waals surface area contributed by atoms with Crippen LogP contribution in [0.2, 0.25) is 0 Å². The Balaban J connectivity index is 0. The predicted octanol–water partition coefficient (Wildman–Crippen LogP) is 2.49. The molecule has 0 saturated heterocycles. The van der Waals surface area contributed by atoms with Crippen molar-refractivity contribution in [3.05, 3.63) is 0 Å². The van der Waals surface area contributed by atoms with Crippen LogP contribution in [0.5, 0.6) is 0 Å². The van der Waals surface area contributed by atoms with Gasteiger partial charge in [-0.2, -0.15) is 8.78 Å². The van der Waals surface area contributed by atoms with E-state index < -0.39 is 5.25 Å². The lowest BCUT2D eigenvalue weighted by Crippen LogP contribution is -2.03. The number of hydrogen-bond donors (Lipinski definition) is 1. The summed E-state index contributed by atoms with van der Waals surface area (Å²) in [6.07, 6.45) is 0.969. The van der Waals surface area contributed by atoms with Crippen LogP contribution in [0, 0.1) is 0 Å². The summed E-state index contributed by atoms with van der Waals surface area (Å²) >= 11 is 2.79. The maximum atomic E-state index is 10.9. The zero-order valence-electron chi connectivity index (χ0n) is 7.38. The number of carbonyl (C=O) groups is 1. The van der Waals surface area contributed by atoms with Crippen LogP contribution < -0.4 is 0 Å². The lowest BCUT2D eigenvalue weighted by atomic mass is 10.3. The van der Waals surface area contributed by atoms with Crippen LogP contribution in [0.1, 0.15) is 27.2 Å². The first-order chi connectivity index (χ1) is 5.31. The molecule has 0 heterocycles. The fourth-order valence-electron chi connectivity index (χ4n) is 0.191. The Morgan fingerprint density at radius 3 is 2.08 bits per heavy atom. The van der Waals surface area contributed by atoms with Crippen LogP contribution in [-0.4, -0.2) is 17.8 Å². The third kappa shape index (κ3) is 33.3. The molecule has 0 aromatic heterocycles. The minimum absolute atomic E-state index is 0.0810. The van der Waals surface area contributed by atoms with Gasteiger partial charge in [0.05, 0.1) is 6.10 Å². The Hall–Kier alpha value is -0.320. The Morgan fingerprint density at radius 2 is 2.00 bits per heavy atom. The van der Waals surface area contributed by atoms with Gasteiger partial charge in [0.25, 0.3) is 11.7 Å². The summed E-state index contributed by atoms with van der Waals surface area (Å²) in [5.74, 6) is 0. The molecule has 0 radical (unpaired) electrons. The molecule has 2 nitrogen and oxygen atoms in total. The topological polar surface area (TPSA) is 26.3 Å². The summed E-state index contributed by atoms with van der Waals surface area (Å²) in [4.78, 5) is 9.55. The third-order valence-corrected chi connectivity index (χ3v) is 0.863. The van der Waals surface area contributed by atoms with Crippen molar-refractivity contribution < 1.29 is 18.3 Å². The van der Waals surface area contributed by atoms with Gasteiger partial charge in [0.2, 0.25) is 0 Å². The average molecular weight is 200 g/mol. The summed E-state index contributed by atoms with van der Waals surface area (Å²) in [7, 11) is 0. The van der Waals surface area contributed by atoms with Gasteiger partial charge < -0.3 is 4.74 Å². The van der Waals surface area contributed by atoms with E-state index in [0.717, 1.165) is 13.3 Å². The first kappa shape index (κ1) is 14.2. The second kappa shape index (κ2) is 7.34. The van der Waals surface area contributed by atoms with Gasteiger partial charge in [-0.1, -0.05) is 6.92 Å². The van der Waals surface area contributed by atoms with Crippen molar-refractivity contribution in [3.63, 3.8) is 0 Å². The molecular weight excluding hydrogens is 186 g/mol.